The van der Waals surface area contributed by atoms with E-state index in [1.54, 1.807) is 18.3 Å². The van der Waals surface area contributed by atoms with Gasteiger partial charge in [-0.25, -0.2) is 4.39 Å². The van der Waals surface area contributed by atoms with Crippen molar-refractivity contribution in [1.29, 1.82) is 0 Å². The Morgan fingerprint density at radius 2 is 2.21 bits per heavy atom. The Morgan fingerprint density at radius 3 is 2.89 bits per heavy atom. The maximum atomic E-state index is 13.4. The van der Waals surface area contributed by atoms with Gasteiger partial charge in [-0.05, 0) is 18.6 Å². The van der Waals surface area contributed by atoms with Crippen LogP contribution in [0.1, 0.15) is 12.5 Å². The zero-order valence-corrected chi connectivity index (χ0v) is 10.2. The molecule has 0 aliphatic rings. The fourth-order valence-electron chi connectivity index (χ4n) is 1.85. The number of para-hydroxylation sites is 1. The van der Waals surface area contributed by atoms with Gasteiger partial charge in [-0.15, -0.1) is 0 Å². The molecule has 1 atom stereocenters. The number of fused-ring (bicyclic) bond motifs is 1. The molecule has 0 radical (unpaired) electrons. The van der Waals surface area contributed by atoms with Crippen molar-refractivity contribution in [2.75, 3.05) is 0 Å². The predicted octanol–water partition coefficient (Wildman–Crippen LogP) is 1.44. The minimum atomic E-state index is -1.10. The van der Waals surface area contributed by atoms with Crippen LogP contribution < -0.4 is 5.32 Å². The summed E-state index contributed by atoms with van der Waals surface area (Å²) in [6.07, 6.45) is 1.56. The highest BCUT2D eigenvalue weighted by molar-refractivity contribution is 5.90. The van der Waals surface area contributed by atoms with Gasteiger partial charge in [-0.1, -0.05) is 12.1 Å². The third-order valence-electron chi connectivity index (χ3n) is 2.85. The maximum Gasteiger partial charge on any atom is 0.325 e. The second kappa shape index (κ2) is 5.09. The molecule has 0 bridgehead atoms. The Kier molecular flexibility index (Phi) is 3.50. The van der Waals surface area contributed by atoms with E-state index >= 15 is 0 Å². The van der Waals surface area contributed by atoms with Crippen molar-refractivity contribution in [3.8, 4) is 0 Å². The summed E-state index contributed by atoms with van der Waals surface area (Å²) >= 11 is 0. The van der Waals surface area contributed by atoms with E-state index in [9.17, 15) is 14.0 Å². The molecule has 0 aliphatic carbocycles. The first-order valence-electron chi connectivity index (χ1n) is 5.75. The minimum Gasteiger partial charge on any atom is -0.480 e. The summed E-state index contributed by atoms with van der Waals surface area (Å²) in [5, 5.41) is 11.7. The molecule has 0 unspecified atom stereocenters. The lowest BCUT2D eigenvalue weighted by molar-refractivity contribution is -0.141. The number of carbonyl (C=O) groups is 2. The Labute approximate surface area is 108 Å². The van der Waals surface area contributed by atoms with Crippen molar-refractivity contribution in [3.05, 3.63) is 35.8 Å². The molecule has 2 aromatic rings. The van der Waals surface area contributed by atoms with Gasteiger partial charge in [0.25, 0.3) is 0 Å². The van der Waals surface area contributed by atoms with E-state index in [0.29, 0.717) is 16.5 Å². The van der Waals surface area contributed by atoms with E-state index in [4.69, 9.17) is 5.11 Å². The monoisotopic (exact) mass is 264 g/mol. The highest BCUT2D eigenvalue weighted by Crippen LogP contribution is 2.21. The van der Waals surface area contributed by atoms with Crippen LogP contribution in [0.25, 0.3) is 10.9 Å². The van der Waals surface area contributed by atoms with Crippen LogP contribution in [-0.4, -0.2) is 28.0 Å². The number of halogens is 1. The minimum absolute atomic E-state index is 0.00106. The molecular weight excluding hydrogens is 251 g/mol. The van der Waals surface area contributed by atoms with E-state index < -0.39 is 17.9 Å². The molecule has 0 spiro atoms. The van der Waals surface area contributed by atoms with Crippen molar-refractivity contribution in [2.24, 2.45) is 0 Å². The third kappa shape index (κ3) is 2.73. The number of benzene rings is 1. The molecule has 0 fully saturated rings. The highest BCUT2D eigenvalue weighted by Gasteiger charge is 2.16. The molecule has 1 aromatic carbocycles. The Bertz CT molecular complexity index is 636. The second-order valence-corrected chi connectivity index (χ2v) is 4.28. The number of hydrogen-bond acceptors (Lipinski definition) is 2. The summed E-state index contributed by atoms with van der Waals surface area (Å²) in [5.41, 5.74) is 0.973. The maximum absolute atomic E-state index is 13.4. The Morgan fingerprint density at radius 1 is 1.47 bits per heavy atom. The van der Waals surface area contributed by atoms with Crippen molar-refractivity contribution >= 4 is 22.8 Å². The van der Waals surface area contributed by atoms with Crippen LogP contribution in [0.5, 0.6) is 0 Å². The van der Waals surface area contributed by atoms with Gasteiger partial charge in [-0.2, -0.15) is 0 Å². The lowest BCUT2D eigenvalue weighted by atomic mass is 10.1. The SMILES string of the molecule is C[C@H](NC(=O)Cc1c[nH]c2c(F)cccc12)C(=O)O. The number of H-pyrrole nitrogens is 1. The number of carbonyl (C=O) groups excluding carboxylic acids is 1. The van der Waals surface area contributed by atoms with Crippen molar-refractivity contribution in [2.45, 2.75) is 19.4 Å². The van der Waals surface area contributed by atoms with E-state index in [2.05, 4.69) is 10.3 Å². The lowest BCUT2D eigenvalue weighted by Gasteiger charge is -2.08. The number of amides is 1. The average Bonchev–Trinajstić information content (AvgIpc) is 2.73. The number of nitrogens with one attached hydrogen (secondary N) is 2. The van der Waals surface area contributed by atoms with Gasteiger partial charge in [0.1, 0.15) is 11.9 Å². The second-order valence-electron chi connectivity index (χ2n) is 4.28. The smallest absolute Gasteiger partial charge is 0.325 e. The van der Waals surface area contributed by atoms with E-state index in [-0.39, 0.29) is 12.2 Å². The molecule has 1 heterocycles. The fraction of sp³-hybridized carbons (Fsp3) is 0.231. The van der Waals surface area contributed by atoms with Gasteiger partial charge in [0.15, 0.2) is 0 Å². The number of aromatic nitrogens is 1. The number of carboxylic acids is 1. The molecule has 0 aliphatic heterocycles. The first kappa shape index (κ1) is 13.1. The zero-order chi connectivity index (χ0) is 14.0. The van der Waals surface area contributed by atoms with Crippen LogP contribution in [-0.2, 0) is 16.0 Å². The quantitative estimate of drug-likeness (QED) is 0.781. The summed E-state index contributed by atoms with van der Waals surface area (Å²) in [5.74, 6) is -1.90. The highest BCUT2D eigenvalue weighted by atomic mass is 19.1. The first-order valence-corrected chi connectivity index (χ1v) is 5.75. The van der Waals surface area contributed by atoms with E-state index in [0.717, 1.165) is 0 Å². The Balaban J connectivity index is 2.16. The lowest BCUT2D eigenvalue weighted by Crippen LogP contribution is -2.39. The fourth-order valence-corrected chi connectivity index (χ4v) is 1.85. The van der Waals surface area contributed by atoms with Crippen LogP contribution in [0.15, 0.2) is 24.4 Å². The van der Waals surface area contributed by atoms with Gasteiger partial charge in [0, 0.05) is 11.6 Å². The predicted molar refractivity (Wildman–Crippen MR) is 67.2 cm³/mol. The molecule has 3 N–H and O–H groups in total. The average molecular weight is 264 g/mol. The van der Waals surface area contributed by atoms with E-state index in [1.807, 2.05) is 0 Å². The van der Waals surface area contributed by atoms with Crippen molar-refractivity contribution in [1.82, 2.24) is 10.3 Å². The summed E-state index contributed by atoms with van der Waals surface area (Å²) in [6.45, 7) is 1.38. The number of aromatic amines is 1. The molecule has 19 heavy (non-hydrogen) atoms. The molecular formula is C13H13FN2O3. The molecule has 6 heteroatoms. The van der Waals surface area contributed by atoms with Crippen LogP contribution in [0.4, 0.5) is 4.39 Å². The summed E-state index contributed by atoms with van der Waals surface area (Å²) < 4.78 is 13.4. The molecule has 0 saturated carbocycles. The van der Waals surface area contributed by atoms with Gasteiger partial charge in [-0.3, -0.25) is 9.59 Å². The number of carboxylic acid groups (broad SMARTS) is 1. The Hall–Kier alpha value is -2.37. The number of hydrogen-bond donors (Lipinski definition) is 3. The van der Waals surface area contributed by atoms with Gasteiger partial charge < -0.3 is 15.4 Å². The first-order chi connectivity index (χ1) is 8.99. The third-order valence-corrected chi connectivity index (χ3v) is 2.85. The van der Waals surface area contributed by atoms with E-state index in [1.165, 1.54) is 13.0 Å². The standard InChI is InChI=1S/C13H13FN2O3/c1-7(13(18)19)16-11(17)5-8-6-15-12-9(8)3-2-4-10(12)14/h2-4,6-7,15H,5H2,1H3,(H,16,17)(H,18,19)/t7-/m0/s1. The van der Waals surface area contributed by atoms with Gasteiger partial charge in [0.2, 0.25) is 5.91 Å². The molecule has 5 nitrogen and oxygen atoms in total. The largest absolute Gasteiger partial charge is 0.480 e. The molecule has 1 amide bonds. The van der Waals surface area contributed by atoms with Crippen LogP contribution in [0.3, 0.4) is 0 Å². The topological polar surface area (TPSA) is 82.2 Å². The van der Waals surface area contributed by atoms with Crippen molar-refractivity contribution < 1.29 is 19.1 Å². The molecule has 0 saturated heterocycles. The summed E-state index contributed by atoms with van der Waals surface area (Å²) in [6, 6.07) is 3.65. The normalized spacial score (nSPS) is 12.3. The number of aliphatic carboxylic acids is 1. The van der Waals surface area contributed by atoms with Crippen molar-refractivity contribution in [3.63, 3.8) is 0 Å². The zero-order valence-electron chi connectivity index (χ0n) is 10.2. The molecule has 1 aromatic heterocycles. The molecule has 100 valence electrons. The number of rotatable bonds is 4. The van der Waals surface area contributed by atoms with Gasteiger partial charge in [0.05, 0.1) is 11.9 Å². The van der Waals surface area contributed by atoms with Crippen LogP contribution in [0, 0.1) is 5.82 Å². The van der Waals surface area contributed by atoms with Crippen LogP contribution in [0.2, 0.25) is 0 Å². The summed E-state index contributed by atoms with van der Waals surface area (Å²) in [7, 11) is 0. The summed E-state index contributed by atoms with van der Waals surface area (Å²) in [4.78, 5) is 25.1. The molecule has 2 rings (SSSR count). The van der Waals surface area contributed by atoms with Gasteiger partial charge >= 0.3 is 5.97 Å². The van der Waals surface area contributed by atoms with Crippen LogP contribution >= 0.6 is 0 Å².